The van der Waals surface area contributed by atoms with Crippen molar-refractivity contribution in [1.29, 1.82) is 0 Å². The highest BCUT2D eigenvalue weighted by Gasteiger charge is 2.15. The van der Waals surface area contributed by atoms with E-state index in [-0.39, 0.29) is 0 Å². The minimum Gasteiger partial charge on any atom is -0.312 e. The Morgan fingerprint density at radius 1 is 1.28 bits per heavy atom. The molecule has 7 nitrogen and oxygen atoms in total. The number of hydrogen-bond acceptors (Lipinski definition) is 6. The fourth-order valence-electron chi connectivity index (χ4n) is 2.55. The van der Waals surface area contributed by atoms with Crippen molar-refractivity contribution in [2.45, 2.75) is 10.9 Å². The van der Waals surface area contributed by atoms with Crippen molar-refractivity contribution in [2.24, 2.45) is 7.05 Å². The lowest BCUT2D eigenvalue weighted by molar-refractivity contribution is 0.767. The highest BCUT2D eigenvalue weighted by Crippen LogP contribution is 2.29. The van der Waals surface area contributed by atoms with Crippen molar-refractivity contribution in [3.8, 4) is 0 Å². The summed E-state index contributed by atoms with van der Waals surface area (Å²) in [5.74, 6) is 0.728. The Morgan fingerprint density at radius 2 is 2.08 bits per heavy atom. The van der Waals surface area contributed by atoms with Gasteiger partial charge in [-0.1, -0.05) is 23.9 Å². The molecule has 0 aliphatic heterocycles. The number of aromatic nitrogens is 5. The lowest BCUT2D eigenvalue weighted by atomic mass is 10.3. The number of thioether (sulfide) groups is 1. The summed E-state index contributed by atoms with van der Waals surface area (Å²) in [5.41, 5.74) is 0.847. The second-order valence-electron chi connectivity index (χ2n) is 5.32. The van der Waals surface area contributed by atoms with Crippen LogP contribution < -0.4 is 11.2 Å². The maximum Gasteiger partial charge on any atom is 0.329 e. The molecule has 0 aliphatic rings. The maximum absolute atomic E-state index is 12.2. The number of nitrogens with zero attached hydrogens (tertiary/aromatic N) is 4. The van der Waals surface area contributed by atoms with Gasteiger partial charge in [0.1, 0.15) is 0 Å². The van der Waals surface area contributed by atoms with Gasteiger partial charge in [-0.25, -0.2) is 14.8 Å². The third kappa shape index (κ3) is 2.94. The Balaban J connectivity index is 1.61. The Labute approximate surface area is 157 Å². The van der Waals surface area contributed by atoms with Crippen LogP contribution in [0.5, 0.6) is 0 Å². The van der Waals surface area contributed by atoms with Crippen molar-refractivity contribution < 1.29 is 0 Å². The number of thiazole rings is 1. The normalized spacial score (nSPS) is 11.6. The summed E-state index contributed by atoms with van der Waals surface area (Å²) in [6.07, 6.45) is 0. The first kappa shape index (κ1) is 16.6. The molecule has 0 saturated heterocycles. The third-order valence-corrected chi connectivity index (χ3v) is 6.54. The van der Waals surface area contributed by atoms with Crippen molar-refractivity contribution in [3.05, 3.63) is 49.8 Å². The summed E-state index contributed by atoms with van der Waals surface area (Å²) in [4.78, 5) is 35.1. The van der Waals surface area contributed by atoms with E-state index in [4.69, 9.17) is 0 Å². The number of benzene rings is 1. The minimum absolute atomic E-state index is 0.366. The van der Waals surface area contributed by atoms with Crippen molar-refractivity contribution in [1.82, 2.24) is 24.1 Å². The fourth-order valence-corrected chi connectivity index (χ4v) is 5.14. The summed E-state index contributed by atoms with van der Waals surface area (Å²) in [7, 11) is 1.58. The molecule has 0 bridgehead atoms. The van der Waals surface area contributed by atoms with Crippen molar-refractivity contribution >= 4 is 60.4 Å². The number of halogens is 1. The van der Waals surface area contributed by atoms with Gasteiger partial charge in [0.05, 0.1) is 10.2 Å². The van der Waals surface area contributed by atoms with Crippen LogP contribution in [0.25, 0.3) is 21.4 Å². The molecule has 0 amide bonds. The number of fused-ring (bicyclic) bond motifs is 2. The molecule has 1 aromatic carbocycles. The number of H-pyrrole nitrogens is 1. The van der Waals surface area contributed by atoms with Gasteiger partial charge in [0, 0.05) is 19.3 Å². The van der Waals surface area contributed by atoms with Gasteiger partial charge >= 0.3 is 5.69 Å². The van der Waals surface area contributed by atoms with Crippen LogP contribution in [-0.4, -0.2) is 29.8 Å². The highest BCUT2D eigenvalue weighted by atomic mass is 79.9. The predicted molar refractivity (Wildman–Crippen MR) is 104 cm³/mol. The predicted octanol–water partition coefficient (Wildman–Crippen LogP) is 2.59. The molecule has 3 aromatic heterocycles. The van der Waals surface area contributed by atoms with E-state index in [9.17, 15) is 9.59 Å². The second kappa shape index (κ2) is 6.43. The van der Waals surface area contributed by atoms with Crippen LogP contribution in [0.3, 0.4) is 0 Å². The molecule has 4 aromatic rings. The van der Waals surface area contributed by atoms with Gasteiger partial charge in [0.25, 0.3) is 5.56 Å². The number of rotatable bonds is 4. The van der Waals surface area contributed by atoms with E-state index in [1.54, 1.807) is 34.7 Å². The van der Waals surface area contributed by atoms with Crippen LogP contribution in [0.4, 0.5) is 0 Å². The van der Waals surface area contributed by atoms with Crippen molar-refractivity contribution in [2.75, 3.05) is 5.75 Å². The molecule has 0 radical (unpaired) electrons. The van der Waals surface area contributed by atoms with E-state index in [1.165, 1.54) is 4.57 Å². The number of imidazole rings is 1. The summed E-state index contributed by atoms with van der Waals surface area (Å²) in [5, 5.41) is 0. The monoisotopic (exact) mass is 437 g/mol. The first-order chi connectivity index (χ1) is 12.0. The summed E-state index contributed by atoms with van der Waals surface area (Å²) >= 11 is 6.66. The smallest absolute Gasteiger partial charge is 0.312 e. The number of para-hydroxylation sites is 1. The molecule has 0 unspecified atom stereocenters. The van der Waals surface area contributed by atoms with Gasteiger partial charge < -0.3 is 4.57 Å². The van der Waals surface area contributed by atoms with Crippen LogP contribution in [0.1, 0.15) is 0 Å². The van der Waals surface area contributed by atoms with Gasteiger partial charge in [-0.2, -0.15) is 0 Å². The molecule has 3 heterocycles. The third-order valence-electron chi connectivity index (χ3n) is 3.78. The topological polar surface area (TPSA) is 85.6 Å². The molecule has 0 aliphatic carbocycles. The maximum atomic E-state index is 12.2. The van der Waals surface area contributed by atoms with Gasteiger partial charge in [-0.3, -0.25) is 14.3 Å². The van der Waals surface area contributed by atoms with Gasteiger partial charge in [0.2, 0.25) is 0 Å². The standard InChI is InChI=1S/C15H12BrN5O2S2/c1-20-11-10(12(22)19-14(20)23)21(13(16)18-11)6-7-24-15-17-8-4-2-3-5-9(8)25-15/h2-5H,6-7H2,1H3,(H,19,22,23). The molecule has 25 heavy (non-hydrogen) atoms. The molecular weight excluding hydrogens is 426 g/mol. The molecule has 128 valence electrons. The molecule has 4 rings (SSSR count). The lowest BCUT2D eigenvalue weighted by Gasteiger charge is -2.04. The SMILES string of the molecule is Cn1c(=O)[nH]c(=O)c2c1nc(Br)n2CCSc1nc2ccccc2s1. The molecule has 0 fully saturated rings. The first-order valence-electron chi connectivity index (χ1n) is 7.38. The number of nitrogens with one attached hydrogen (secondary N) is 1. The largest absolute Gasteiger partial charge is 0.329 e. The quantitative estimate of drug-likeness (QED) is 0.391. The zero-order chi connectivity index (χ0) is 17.6. The average Bonchev–Trinajstić information content (AvgIpc) is 3.14. The van der Waals surface area contributed by atoms with Gasteiger partial charge in [0.15, 0.2) is 20.2 Å². The highest BCUT2D eigenvalue weighted by molar-refractivity contribution is 9.10. The zero-order valence-electron chi connectivity index (χ0n) is 13.0. The van der Waals surface area contributed by atoms with Crippen LogP contribution >= 0.6 is 39.0 Å². The van der Waals surface area contributed by atoms with Crippen molar-refractivity contribution in [3.63, 3.8) is 0 Å². The van der Waals surface area contributed by atoms with E-state index >= 15 is 0 Å². The van der Waals surface area contributed by atoms with E-state index in [0.29, 0.717) is 22.4 Å². The summed E-state index contributed by atoms with van der Waals surface area (Å²) in [6, 6.07) is 8.02. The lowest BCUT2D eigenvalue weighted by Crippen LogP contribution is -2.29. The number of hydrogen-bond donors (Lipinski definition) is 1. The van der Waals surface area contributed by atoms with Crippen LogP contribution in [0.2, 0.25) is 0 Å². The van der Waals surface area contributed by atoms with Gasteiger partial charge in [-0.15, -0.1) is 11.3 Å². The van der Waals surface area contributed by atoms with Crippen LogP contribution in [0.15, 0.2) is 42.9 Å². The Kier molecular flexibility index (Phi) is 4.26. The zero-order valence-corrected chi connectivity index (χ0v) is 16.2. The van der Waals surface area contributed by atoms with E-state index in [1.807, 2.05) is 18.2 Å². The molecule has 0 spiro atoms. The average molecular weight is 438 g/mol. The van der Waals surface area contributed by atoms with E-state index in [0.717, 1.165) is 20.3 Å². The Hall–Kier alpha value is -1.91. The minimum atomic E-state index is -0.474. The molecule has 0 saturated carbocycles. The second-order valence-corrected chi connectivity index (χ2v) is 8.40. The molecular formula is C15H12BrN5O2S2. The molecule has 1 N–H and O–H groups in total. The number of aromatic amines is 1. The van der Waals surface area contributed by atoms with Gasteiger partial charge in [-0.05, 0) is 28.1 Å². The van der Waals surface area contributed by atoms with Crippen LogP contribution in [-0.2, 0) is 13.6 Å². The Morgan fingerprint density at radius 3 is 2.88 bits per heavy atom. The Bertz CT molecular complexity index is 1170. The van der Waals surface area contributed by atoms with E-state index < -0.39 is 11.2 Å². The van der Waals surface area contributed by atoms with Crippen LogP contribution in [0, 0.1) is 0 Å². The summed E-state index contributed by atoms with van der Waals surface area (Å²) in [6.45, 7) is 0.568. The van der Waals surface area contributed by atoms with E-state index in [2.05, 4.69) is 36.9 Å². The first-order valence-corrected chi connectivity index (χ1v) is 9.97. The molecule has 10 heteroatoms. The number of aryl methyl sites for hydroxylation is 2. The summed E-state index contributed by atoms with van der Waals surface area (Å²) < 4.78 is 5.78. The molecule has 0 atom stereocenters. The fraction of sp³-hybridized carbons (Fsp3) is 0.200.